The third-order valence-electron chi connectivity index (χ3n) is 3.28. The molecule has 5 heteroatoms. The number of hydrogen-bond donors (Lipinski definition) is 1. The minimum atomic E-state index is -0.125. The Kier molecular flexibility index (Phi) is 3.68. The van der Waals surface area contributed by atoms with E-state index in [-0.39, 0.29) is 11.9 Å². The SMILES string of the molecule is CNC1C(=O)N(c2cnccn2)CCCC1C. The number of carbonyl (C=O) groups excluding carboxylic acids is 1. The van der Waals surface area contributed by atoms with Crippen LogP contribution in [0.1, 0.15) is 19.8 Å². The standard InChI is InChI=1S/C12H18N4O/c1-9-4-3-7-16(12(17)11(9)13-2)10-8-14-5-6-15-10/h5-6,8-9,11,13H,3-4,7H2,1-2H3. The van der Waals surface area contributed by atoms with Crippen LogP contribution in [0.15, 0.2) is 18.6 Å². The van der Waals surface area contributed by atoms with E-state index >= 15 is 0 Å². The van der Waals surface area contributed by atoms with Gasteiger partial charge in [-0.15, -0.1) is 0 Å². The van der Waals surface area contributed by atoms with Gasteiger partial charge in [-0.3, -0.25) is 14.7 Å². The van der Waals surface area contributed by atoms with E-state index < -0.39 is 0 Å². The van der Waals surface area contributed by atoms with Crippen molar-refractivity contribution in [1.29, 1.82) is 0 Å². The lowest BCUT2D eigenvalue weighted by Gasteiger charge is -2.24. The molecule has 1 aliphatic heterocycles. The van der Waals surface area contributed by atoms with Gasteiger partial charge >= 0.3 is 0 Å². The number of carbonyl (C=O) groups is 1. The number of aromatic nitrogens is 2. The molecule has 0 aliphatic carbocycles. The first-order chi connectivity index (χ1) is 8.24. The summed E-state index contributed by atoms with van der Waals surface area (Å²) in [6.45, 7) is 2.83. The average molecular weight is 234 g/mol. The smallest absolute Gasteiger partial charge is 0.245 e. The van der Waals surface area contributed by atoms with Crippen molar-refractivity contribution in [2.24, 2.45) is 5.92 Å². The quantitative estimate of drug-likeness (QED) is 0.823. The van der Waals surface area contributed by atoms with Crippen molar-refractivity contribution in [2.45, 2.75) is 25.8 Å². The van der Waals surface area contributed by atoms with E-state index in [1.165, 1.54) is 0 Å². The van der Waals surface area contributed by atoms with Gasteiger partial charge in [0, 0.05) is 18.9 Å². The van der Waals surface area contributed by atoms with Crippen LogP contribution in [-0.2, 0) is 4.79 Å². The summed E-state index contributed by atoms with van der Waals surface area (Å²) < 4.78 is 0. The summed E-state index contributed by atoms with van der Waals surface area (Å²) in [5.74, 6) is 1.10. The summed E-state index contributed by atoms with van der Waals surface area (Å²) in [5, 5.41) is 3.10. The van der Waals surface area contributed by atoms with Gasteiger partial charge in [0.05, 0.1) is 12.2 Å². The van der Waals surface area contributed by atoms with Crippen molar-refractivity contribution < 1.29 is 4.79 Å². The monoisotopic (exact) mass is 234 g/mol. The maximum atomic E-state index is 12.4. The van der Waals surface area contributed by atoms with E-state index in [4.69, 9.17) is 0 Å². The summed E-state index contributed by atoms with van der Waals surface area (Å²) in [5.41, 5.74) is 0. The molecule has 5 nitrogen and oxygen atoms in total. The van der Waals surface area contributed by atoms with Crippen LogP contribution in [-0.4, -0.2) is 35.5 Å². The fourth-order valence-electron chi connectivity index (χ4n) is 2.33. The summed E-state index contributed by atoms with van der Waals surface area (Å²) in [6.07, 6.45) is 6.92. The zero-order valence-electron chi connectivity index (χ0n) is 10.3. The van der Waals surface area contributed by atoms with Crippen LogP contribution in [0, 0.1) is 5.92 Å². The lowest BCUT2D eigenvalue weighted by Crippen LogP contribution is -2.47. The minimum absolute atomic E-state index is 0.0954. The van der Waals surface area contributed by atoms with Crippen molar-refractivity contribution in [3.05, 3.63) is 18.6 Å². The Bertz CT molecular complexity index is 381. The number of hydrogen-bond acceptors (Lipinski definition) is 4. The highest BCUT2D eigenvalue weighted by Crippen LogP contribution is 2.21. The lowest BCUT2D eigenvalue weighted by atomic mass is 9.98. The van der Waals surface area contributed by atoms with Crippen molar-refractivity contribution in [2.75, 3.05) is 18.5 Å². The molecule has 17 heavy (non-hydrogen) atoms. The Labute approximate surface area is 101 Å². The maximum absolute atomic E-state index is 12.4. The molecule has 1 saturated heterocycles. The first-order valence-electron chi connectivity index (χ1n) is 5.98. The van der Waals surface area contributed by atoms with Gasteiger partial charge in [0.1, 0.15) is 0 Å². The number of nitrogens with one attached hydrogen (secondary N) is 1. The highest BCUT2D eigenvalue weighted by atomic mass is 16.2. The fourth-order valence-corrected chi connectivity index (χ4v) is 2.33. The molecule has 1 aromatic heterocycles. The zero-order valence-corrected chi connectivity index (χ0v) is 10.3. The summed E-state index contributed by atoms with van der Waals surface area (Å²) in [4.78, 5) is 22.3. The van der Waals surface area contributed by atoms with Crippen LogP contribution >= 0.6 is 0 Å². The van der Waals surface area contributed by atoms with E-state index in [0.717, 1.165) is 19.4 Å². The Balaban J connectivity index is 2.25. The second kappa shape index (κ2) is 5.23. The maximum Gasteiger partial charge on any atom is 0.245 e. The van der Waals surface area contributed by atoms with Gasteiger partial charge in [0.2, 0.25) is 5.91 Å². The molecule has 0 spiro atoms. The van der Waals surface area contributed by atoms with Crippen molar-refractivity contribution >= 4 is 11.7 Å². The van der Waals surface area contributed by atoms with Gasteiger partial charge in [-0.1, -0.05) is 6.92 Å². The molecule has 1 fully saturated rings. The molecule has 2 rings (SSSR count). The second-order valence-electron chi connectivity index (χ2n) is 4.44. The largest absolute Gasteiger partial charge is 0.309 e. The van der Waals surface area contributed by atoms with E-state index in [1.54, 1.807) is 23.5 Å². The van der Waals surface area contributed by atoms with Crippen LogP contribution in [0.4, 0.5) is 5.82 Å². The molecule has 1 aliphatic rings. The summed E-state index contributed by atoms with van der Waals surface area (Å²) in [6, 6.07) is -0.125. The molecule has 92 valence electrons. The highest BCUT2D eigenvalue weighted by molar-refractivity contribution is 5.96. The van der Waals surface area contributed by atoms with Gasteiger partial charge in [-0.05, 0) is 25.8 Å². The molecular formula is C12H18N4O. The van der Waals surface area contributed by atoms with Gasteiger partial charge in [0.15, 0.2) is 5.82 Å². The van der Waals surface area contributed by atoms with Crippen LogP contribution < -0.4 is 10.2 Å². The molecule has 0 radical (unpaired) electrons. The second-order valence-corrected chi connectivity index (χ2v) is 4.44. The number of nitrogens with zero attached hydrogens (tertiary/aromatic N) is 3. The third-order valence-corrected chi connectivity index (χ3v) is 3.28. The first kappa shape index (κ1) is 12.0. The van der Waals surface area contributed by atoms with Gasteiger partial charge in [-0.2, -0.15) is 0 Å². The Morgan fingerprint density at radius 2 is 2.29 bits per heavy atom. The number of anilines is 1. The average Bonchev–Trinajstić information content (AvgIpc) is 2.49. The van der Waals surface area contributed by atoms with Crippen LogP contribution in [0.5, 0.6) is 0 Å². The number of amides is 1. The van der Waals surface area contributed by atoms with Crippen molar-refractivity contribution in [3.8, 4) is 0 Å². The fraction of sp³-hybridized carbons (Fsp3) is 0.583. The molecule has 1 N–H and O–H groups in total. The van der Waals surface area contributed by atoms with Crippen LogP contribution in [0.25, 0.3) is 0 Å². The van der Waals surface area contributed by atoms with Gasteiger partial charge in [0.25, 0.3) is 0 Å². The summed E-state index contributed by atoms with van der Waals surface area (Å²) >= 11 is 0. The zero-order chi connectivity index (χ0) is 12.3. The van der Waals surface area contributed by atoms with E-state index in [9.17, 15) is 4.79 Å². The predicted octanol–water partition coefficient (Wildman–Crippen LogP) is 0.827. The van der Waals surface area contributed by atoms with Crippen molar-refractivity contribution in [1.82, 2.24) is 15.3 Å². The molecule has 0 bridgehead atoms. The molecule has 0 aromatic carbocycles. The Hall–Kier alpha value is -1.49. The number of rotatable bonds is 2. The van der Waals surface area contributed by atoms with Crippen LogP contribution in [0.2, 0.25) is 0 Å². The molecular weight excluding hydrogens is 216 g/mol. The normalized spacial score (nSPS) is 25.8. The van der Waals surface area contributed by atoms with E-state index in [2.05, 4.69) is 22.2 Å². The molecule has 2 heterocycles. The van der Waals surface area contributed by atoms with Gasteiger partial charge in [-0.25, -0.2) is 4.98 Å². The molecule has 2 unspecified atom stereocenters. The first-order valence-corrected chi connectivity index (χ1v) is 5.98. The predicted molar refractivity (Wildman–Crippen MR) is 65.6 cm³/mol. The minimum Gasteiger partial charge on any atom is -0.309 e. The lowest BCUT2D eigenvalue weighted by molar-refractivity contribution is -0.121. The topological polar surface area (TPSA) is 58.1 Å². The molecule has 0 saturated carbocycles. The molecule has 1 amide bonds. The van der Waals surface area contributed by atoms with Crippen LogP contribution in [0.3, 0.4) is 0 Å². The molecule has 2 atom stereocenters. The Morgan fingerprint density at radius 3 is 2.94 bits per heavy atom. The van der Waals surface area contributed by atoms with E-state index in [0.29, 0.717) is 11.7 Å². The summed E-state index contributed by atoms with van der Waals surface area (Å²) in [7, 11) is 1.83. The highest BCUT2D eigenvalue weighted by Gasteiger charge is 2.31. The number of likely N-dealkylation sites (N-methyl/N-ethyl adjacent to an activating group) is 1. The third kappa shape index (κ3) is 2.44. The Morgan fingerprint density at radius 1 is 1.47 bits per heavy atom. The van der Waals surface area contributed by atoms with Crippen molar-refractivity contribution in [3.63, 3.8) is 0 Å². The molecule has 1 aromatic rings. The van der Waals surface area contributed by atoms with E-state index in [1.807, 2.05) is 7.05 Å². The van der Waals surface area contributed by atoms with Gasteiger partial charge < -0.3 is 5.32 Å².